The summed E-state index contributed by atoms with van der Waals surface area (Å²) in [6.45, 7) is 0.484. The van der Waals surface area contributed by atoms with Crippen molar-refractivity contribution >= 4 is 28.9 Å². The summed E-state index contributed by atoms with van der Waals surface area (Å²) in [7, 11) is 0. The van der Waals surface area contributed by atoms with Crippen LogP contribution >= 0.6 is 23.2 Å². The molecule has 12 heavy (non-hydrogen) atoms. The standard InChI is InChI=1S/C7H9Cl2N3/c8-6-2-1-5(3-7(6)9)11-4-12-10/h1-3,11-12H,4,10H2. The van der Waals surface area contributed by atoms with Crippen molar-refractivity contribution < 1.29 is 0 Å². The van der Waals surface area contributed by atoms with Crippen LogP contribution < -0.4 is 16.6 Å². The van der Waals surface area contributed by atoms with E-state index in [-0.39, 0.29) is 0 Å². The zero-order valence-electron chi connectivity index (χ0n) is 6.27. The number of halogens is 2. The monoisotopic (exact) mass is 205 g/mol. The molecule has 0 amide bonds. The average molecular weight is 206 g/mol. The van der Waals surface area contributed by atoms with Gasteiger partial charge in [0.15, 0.2) is 0 Å². The van der Waals surface area contributed by atoms with Crippen LogP contribution in [0.25, 0.3) is 0 Å². The summed E-state index contributed by atoms with van der Waals surface area (Å²) in [5.41, 5.74) is 3.34. The highest BCUT2D eigenvalue weighted by Gasteiger charge is 1.97. The summed E-state index contributed by atoms with van der Waals surface area (Å²) >= 11 is 11.5. The third-order valence-electron chi connectivity index (χ3n) is 1.31. The highest BCUT2D eigenvalue weighted by atomic mass is 35.5. The minimum absolute atomic E-state index is 0.484. The Labute approximate surface area is 80.8 Å². The van der Waals surface area contributed by atoms with Gasteiger partial charge in [0.2, 0.25) is 0 Å². The zero-order valence-corrected chi connectivity index (χ0v) is 7.78. The van der Waals surface area contributed by atoms with E-state index in [1.54, 1.807) is 12.1 Å². The van der Waals surface area contributed by atoms with Crippen LogP contribution in [-0.4, -0.2) is 6.67 Å². The van der Waals surface area contributed by atoms with Crippen LogP contribution in [0.1, 0.15) is 0 Å². The first-order chi connectivity index (χ1) is 5.74. The lowest BCUT2D eigenvalue weighted by molar-refractivity contribution is 0.790. The van der Waals surface area contributed by atoms with Gasteiger partial charge in [-0.1, -0.05) is 23.2 Å². The molecular weight excluding hydrogens is 197 g/mol. The maximum Gasteiger partial charge on any atom is 0.0780 e. The number of rotatable bonds is 3. The lowest BCUT2D eigenvalue weighted by atomic mass is 10.3. The first-order valence-corrected chi connectivity index (χ1v) is 4.12. The Morgan fingerprint density at radius 1 is 1.25 bits per heavy atom. The average Bonchev–Trinajstić information content (AvgIpc) is 2.07. The maximum absolute atomic E-state index is 5.77. The third kappa shape index (κ3) is 2.53. The number of benzene rings is 1. The van der Waals surface area contributed by atoms with E-state index in [1.165, 1.54) is 0 Å². The number of nitrogens with two attached hydrogens (primary N) is 1. The predicted molar refractivity (Wildman–Crippen MR) is 52.3 cm³/mol. The highest BCUT2D eigenvalue weighted by molar-refractivity contribution is 6.42. The molecule has 0 bridgehead atoms. The molecule has 1 aromatic carbocycles. The van der Waals surface area contributed by atoms with Gasteiger partial charge in [0, 0.05) is 5.69 Å². The van der Waals surface area contributed by atoms with Crippen molar-refractivity contribution in [2.75, 3.05) is 12.0 Å². The number of hydrogen-bond acceptors (Lipinski definition) is 3. The van der Waals surface area contributed by atoms with Crippen LogP contribution in [0.15, 0.2) is 18.2 Å². The second kappa shape index (κ2) is 4.52. The van der Waals surface area contributed by atoms with Gasteiger partial charge in [-0.2, -0.15) is 0 Å². The van der Waals surface area contributed by atoms with Crippen LogP contribution in [0, 0.1) is 0 Å². The van der Waals surface area contributed by atoms with E-state index in [2.05, 4.69) is 10.7 Å². The molecule has 0 aliphatic heterocycles. The number of anilines is 1. The summed E-state index contributed by atoms with van der Waals surface area (Å²) in [6.07, 6.45) is 0. The Morgan fingerprint density at radius 2 is 2.00 bits per heavy atom. The van der Waals surface area contributed by atoms with Gasteiger partial charge in [-0.25, -0.2) is 5.43 Å². The summed E-state index contributed by atoms with van der Waals surface area (Å²) in [5.74, 6) is 5.07. The lowest BCUT2D eigenvalue weighted by Gasteiger charge is -2.05. The molecule has 0 saturated carbocycles. The molecule has 1 aromatic rings. The number of nitrogens with one attached hydrogen (secondary N) is 2. The number of hydrazine groups is 1. The van der Waals surface area contributed by atoms with E-state index < -0.39 is 0 Å². The van der Waals surface area contributed by atoms with Gasteiger partial charge in [-0.15, -0.1) is 0 Å². The van der Waals surface area contributed by atoms with E-state index in [0.29, 0.717) is 16.7 Å². The van der Waals surface area contributed by atoms with Crippen molar-refractivity contribution in [2.24, 2.45) is 5.84 Å². The van der Waals surface area contributed by atoms with E-state index in [1.807, 2.05) is 6.07 Å². The molecule has 0 saturated heterocycles. The normalized spacial score (nSPS) is 9.92. The first kappa shape index (κ1) is 9.61. The smallest absolute Gasteiger partial charge is 0.0780 e. The minimum Gasteiger partial charge on any atom is -0.371 e. The predicted octanol–water partition coefficient (Wildman–Crippen LogP) is 1.83. The van der Waals surface area contributed by atoms with Crippen molar-refractivity contribution in [1.82, 2.24) is 5.43 Å². The second-order valence-electron chi connectivity index (χ2n) is 2.19. The molecule has 0 atom stereocenters. The Kier molecular flexibility index (Phi) is 3.62. The summed E-state index contributed by atoms with van der Waals surface area (Å²) < 4.78 is 0. The van der Waals surface area contributed by atoms with Gasteiger partial charge in [-0.05, 0) is 18.2 Å². The topological polar surface area (TPSA) is 50.1 Å². The molecule has 66 valence electrons. The molecule has 0 spiro atoms. The van der Waals surface area contributed by atoms with Gasteiger partial charge in [0.1, 0.15) is 0 Å². The van der Waals surface area contributed by atoms with Crippen LogP contribution in [0.4, 0.5) is 5.69 Å². The molecule has 0 aliphatic rings. The second-order valence-corrected chi connectivity index (χ2v) is 3.00. The largest absolute Gasteiger partial charge is 0.371 e. The van der Waals surface area contributed by atoms with Crippen LogP contribution in [0.2, 0.25) is 10.0 Å². The Hall–Kier alpha value is -0.480. The van der Waals surface area contributed by atoms with Crippen LogP contribution in [-0.2, 0) is 0 Å². The van der Waals surface area contributed by atoms with E-state index in [0.717, 1.165) is 5.69 Å². The molecule has 0 aromatic heterocycles. The lowest BCUT2D eigenvalue weighted by Crippen LogP contribution is -2.28. The van der Waals surface area contributed by atoms with Crippen molar-refractivity contribution in [3.05, 3.63) is 28.2 Å². The summed E-state index contributed by atoms with van der Waals surface area (Å²) in [5, 5.41) is 4.05. The van der Waals surface area contributed by atoms with Crippen LogP contribution in [0.5, 0.6) is 0 Å². The summed E-state index contributed by atoms with van der Waals surface area (Å²) in [4.78, 5) is 0. The van der Waals surface area contributed by atoms with Gasteiger partial charge >= 0.3 is 0 Å². The molecule has 0 aliphatic carbocycles. The molecule has 0 unspecified atom stereocenters. The fourth-order valence-corrected chi connectivity index (χ4v) is 1.06. The SMILES string of the molecule is NNCNc1ccc(Cl)c(Cl)c1. The fraction of sp³-hybridized carbons (Fsp3) is 0.143. The maximum atomic E-state index is 5.77. The zero-order chi connectivity index (χ0) is 8.97. The van der Waals surface area contributed by atoms with E-state index in [9.17, 15) is 0 Å². The molecule has 0 heterocycles. The highest BCUT2D eigenvalue weighted by Crippen LogP contribution is 2.24. The Morgan fingerprint density at radius 3 is 2.58 bits per heavy atom. The summed E-state index contributed by atoms with van der Waals surface area (Å²) in [6, 6.07) is 5.29. The van der Waals surface area contributed by atoms with Gasteiger partial charge in [0.05, 0.1) is 16.7 Å². The van der Waals surface area contributed by atoms with Crippen molar-refractivity contribution in [2.45, 2.75) is 0 Å². The van der Waals surface area contributed by atoms with Gasteiger partial charge < -0.3 is 5.32 Å². The van der Waals surface area contributed by atoms with Gasteiger partial charge in [-0.3, -0.25) is 5.84 Å². The first-order valence-electron chi connectivity index (χ1n) is 3.36. The quantitative estimate of drug-likeness (QED) is 0.401. The molecule has 5 heteroatoms. The van der Waals surface area contributed by atoms with Crippen LogP contribution in [0.3, 0.4) is 0 Å². The van der Waals surface area contributed by atoms with E-state index >= 15 is 0 Å². The molecule has 3 nitrogen and oxygen atoms in total. The minimum atomic E-state index is 0.484. The Bertz CT molecular complexity index is 265. The third-order valence-corrected chi connectivity index (χ3v) is 2.05. The van der Waals surface area contributed by atoms with Crippen molar-refractivity contribution in [1.29, 1.82) is 0 Å². The molecule has 0 radical (unpaired) electrons. The molecule has 4 N–H and O–H groups in total. The van der Waals surface area contributed by atoms with Crippen molar-refractivity contribution in [3.8, 4) is 0 Å². The molecule has 1 rings (SSSR count). The molecule has 0 fully saturated rings. The van der Waals surface area contributed by atoms with Crippen molar-refractivity contribution in [3.63, 3.8) is 0 Å². The molecular formula is C7H9Cl2N3. The van der Waals surface area contributed by atoms with E-state index in [4.69, 9.17) is 29.0 Å². The fourth-order valence-electron chi connectivity index (χ4n) is 0.759. The Balaban J connectivity index is 2.69. The van der Waals surface area contributed by atoms with Gasteiger partial charge in [0.25, 0.3) is 0 Å². The number of hydrogen-bond donors (Lipinski definition) is 3.